The van der Waals surface area contributed by atoms with Crippen molar-refractivity contribution in [2.75, 3.05) is 5.73 Å². The van der Waals surface area contributed by atoms with E-state index in [4.69, 9.17) is 5.73 Å². The summed E-state index contributed by atoms with van der Waals surface area (Å²) in [5, 5.41) is 0. The van der Waals surface area contributed by atoms with E-state index in [2.05, 4.69) is 9.55 Å². The molecular weight excluding hydrogens is 222 g/mol. The van der Waals surface area contributed by atoms with Crippen molar-refractivity contribution in [3.63, 3.8) is 0 Å². The highest BCUT2D eigenvalue weighted by molar-refractivity contribution is 5.34. The molecule has 0 spiro atoms. The second-order valence-electron chi connectivity index (χ2n) is 6.96. The number of imidazole rings is 1. The predicted molar refractivity (Wildman–Crippen MR) is 71.9 cm³/mol. The van der Waals surface area contributed by atoms with Gasteiger partial charge in [-0.15, -0.1) is 0 Å². The molecule has 0 radical (unpaired) electrons. The molecule has 1 aromatic heterocycles. The smallest absolute Gasteiger partial charge is 0.126 e. The van der Waals surface area contributed by atoms with Crippen molar-refractivity contribution in [3.05, 3.63) is 12.0 Å². The average Bonchev–Trinajstić information content (AvgIpc) is 2.64. The first-order valence-corrected chi connectivity index (χ1v) is 7.48. The molecule has 4 fully saturated rings. The SMILES string of the molecule is Cc1ncn(CC2C3CC4CC(C3)CC2C4)c1N. The van der Waals surface area contributed by atoms with Gasteiger partial charge in [0.05, 0.1) is 12.0 Å². The molecule has 4 bridgehead atoms. The minimum atomic E-state index is 0.869. The summed E-state index contributed by atoms with van der Waals surface area (Å²) in [7, 11) is 0. The molecule has 0 aliphatic heterocycles. The third-order valence-corrected chi connectivity index (χ3v) is 5.90. The summed E-state index contributed by atoms with van der Waals surface area (Å²) in [6, 6.07) is 0. The third-order valence-electron chi connectivity index (χ3n) is 5.90. The zero-order valence-electron chi connectivity index (χ0n) is 11.2. The highest BCUT2D eigenvalue weighted by atomic mass is 15.1. The highest BCUT2D eigenvalue weighted by Gasteiger charge is 2.48. The van der Waals surface area contributed by atoms with Gasteiger partial charge in [-0.2, -0.15) is 0 Å². The van der Waals surface area contributed by atoms with Gasteiger partial charge < -0.3 is 10.3 Å². The Balaban J connectivity index is 1.57. The lowest BCUT2D eigenvalue weighted by molar-refractivity contribution is -0.0428. The number of hydrogen-bond donors (Lipinski definition) is 1. The Hall–Kier alpha value is -0.990. The molecule has 18 heavy (non-hydrogen) atoms. The molecule has 4 aliphatic rings. The van der Waals surface area contributed by atoms with Crippen LogP contribution in [0.15, 0.2) is 6.33 Å². The fourth-order valence-corrected chi connectivity index (χ4v) is 5.20. The Kier molecular flexibility index (Phi) is 2.27. The first-order chi connectivity index (χ1) is 8.70. The Labute approximate surface area is 109 Å². The number of anilines is 1. The van der Waals surface area contributed by atoms with Crippen molar-refractivity contribution in [2.24, 2.45) is 29.6 Å². The summed E-state index contributed by atoms with van der Waals surface area (Å²) in [5.41, 5.74) is 7.09. The predicted octanol–water partition coefficient (Wildman–Crippen LogP) is 2.85. The van der Waals surface area contributed by atoms with Crippen molar-refractivity contribution >= 4 is 5.82 Å². The van der Waals surface area contributed by atoms with Crippen LogP contribution >= 0.6 is 0 Å². The molecule has 2 N–H and O–H groups in total. The molecule has 0 saturated heterocycles. The van der Waals surface area contributed by atoms with E-state index >= 15 is 0 Å². The first-order valence-electron chi connectivity index (χ1n) is 7.48. The molecule has 98 valence electrons. The number of aryl methyl sites for hydroxylation is 1. The van der Waals surface area contributed by atoms with Crippen LogP contribution in [0, 0.1) is 36.5 Å². The van der Waals surface area contributed by atoms with Crippen molar-refractivity contribution in [3.8, 4) is 0 Å². The van der Waals surface area contributed by atoms with Gasteiger partial charge in [0.1, 0.15) is 5.82 Å². The summed E-state index contributed by atoms with van der Waals surface area (Å²) in [6.07, 6.45) is 9.44. The van der Waals surface area contributed by atoms with Crippen LogP contribution < -0.4 is 5.73 Å². The van der Waals surface area contributed by atoms with Gasteiger partial charge in [-0.25, -0.2) is 4.98 Å². The molecule has 1 aromatic rings. The van der Waals surface area contributed by atoms with E-state index in [0.717, 1.165) is 47.6 Å². The van der Waals surface area contributed by atoms with E-state index < -0.39 is 0 Å². The highest BCUT2D eigenvalue weighted by Crippen LogP contribution is 2.56. The largest absolute Gasteiger partial charge is 0.384 e. The molecule has 3 nitrogen and oxygen atoms in total. The first kappa shape index (κ1) is 10.9. The monoisotopic (exact) mass is 245 g/mol. The number of rotatable bonds is 2. The fraction of sp³-hybridized carbons (Fsp3) is 0.800. The van der Waals surface area contributed by atoms with Crippen LogP contribution in [0.1, 0.15) is 37.8 Å². The van der Waals surface area contributed by atoms with Gasteiger partial charge in [0.15, 0.2) is 0 Å². The lowest BCUT2D eigenvalue weighted by Gasteiger charge is -2.54. The maximum absolute atomic E-state index is 6.11. The second kappa shape index (κ2) is 3.75. The van der Waals surface area contributed by atoms with Gasteiger partial charge in [-0.3, -0.25) is 0 Å². The van der Waals surface area contributed by atoms with Gasteiger partial charge in [0.25, 0.3) is 0 Å². The number of hydrogen-bond acceptors (Lipinski definition) is 2. The summed E-state index contributed by atoms with van der Waals surface area (Å²) < 4.78 is 2.20. The number of aromatic nitrogens is 2. The number of nitrogens with two attached hydrogens (primary N) is 1. The van der Waals surface area contributed by atoms with Gasteiger partial charge in [0.2, 0.25) is 0 Å². The third kappa shape index (κ3) is 1.52. The van der Waals surface area contributed by atoms with Crippen molar-refractivity contribution < 1.29 is 0 Å². The molecule has 0 unspecified atom stereocenters. The molecule has 4 aliphatic carbocycles. The average molecular weight is 245 g/mol. The standard InChI is InChI=1S/C15H23N3/c1-9-15(16)18(8-17-9)7-14-12-3-10-2-11(5-12)6-13(14)4-10/h8,10-14H,2-7,16H2,1H3. The van der Waals surface area contributed by atoms with Crippen molar-refractivity contribution in [2.45, 2.75) is 45.6 Å². The topological polar surface area (TPSA) is 43.8 Å². The van der Waals surface area contributed by atoms with Crippen molar-refractivity contribution in [1.29, 1.82) is 0 Å². The van der Waals surface area contributed by atoms with Crippen LogP contribution in [0.2, 0.25) is 0 Å². The lowest BCUT2D eigenvalue weighted by atomic mass is 9.52. The quantitative estimate of drug-likeness (QED) is 0.870. The van der Waals surface area contributed by atoms with Crippen LogP contribution in [-0.2, 0) is 6.54 Å². The van der Waals surface area contributed by atoms with Crippen molar-refractivity contribution in [1.82, 2.24) is 9.55 Å². The fourth-order valence-electron chi connectivity index (χ4n) is 5.20. The van der Waals surface area contributed by atoms with Gasteiger partial charge in [-0.05, 0) is 68.6 Å². The van der Waals surface area contributed by atoms with Crippen LogP contribution in [0.25, 0.3) is 0 Å². The molecule has 5 rings (SSSR count). The van der Waals surface area contributed by atoms with Gasteiger partial charge in [0, 0.05) is 6.54 Å². The maximum atomic E-state index is 6.11. The van der Waals surface area contributed by atoms with E-state index in [1.165, 1.54) is 32.1 Å². The molecule has 3 heteroatoms. The van der Waals surface area contributed by atoms with Crippen LogP contribution in [0.5, 0.6) is 0 Å². The summed E-state index contributed by atoms with van der Waals surface area (Å²) in [5.74, 6) is 5.82. The summed E-state index contributed by atoms with van der Waals surface area (Å²) in [6.45, 7) is 3.12. The van der Waals surface area contributed by atoms with E-state index in [9.17, 15) is 0 Å². The van der Waals surface area contributed by atoms with E-state index in [1.807, 2.05) is 13.3 Å². The van der Waals surface area contributed by atoms with Gasteiger partial charge >= 0.3 is 0 Å². The van der Waals surface area contributed by atoms with Crippen LogP contribution in [-0.4, -0.2) is 9.55 Å². The van der Waals surface area contributed by atoms with Gasteiger partial charge in [-0.1, -0.05) is 0 Å². The van der Waals surface area contributed by atoms with E-state index in [-0.39, 0.29) is 0 Å². The molecule has 0 amide bonds. The second-order valence-corrected chi connectivity index (χ2v) is 6.96. The van der Waals surface area contributed by atoms with Crippen LogP contribution in [0.3, 0.4) is 0 Å². The Bertz CT molecular complexity index is 434. The molecule has 4 saturated carbocycles. The minimum Gasteiger partial charge on any atom is -0.384 e. The normalized spacial score (nSPS) is 41.5. The maximum Gasteiger partial charge on any atom is 0.126 e. The molecule has 1 heterocycles. The minimum absolute atomic E-state index is 0.869. The lowest BCUT2D eigenvalue weighted by Crippen LogP contribution is -2.46. The number of nitrogen functional groups attached to an aromatic ring is 1. The summed E-state index contributed by atoms with van der Waals surface area (Å²) >= 11 is 0. The molecular formula is C15H23N3. The van der Waals surface area contributed by atoms with E-state index in [1.54, 1.807) is 0 Å². The molecule has 0 aromatic carbocycles. The Morgan fingerprint density at radius 3 is 2.28 bits per heavy atom. The zero-order valence-corrected chi connectivity index (χ0v) is 11.2. The Morgan fingerprint density at radius 1 is 1.17 bits per heavy atom. The molecule has 0 atom stereocenters. The number of nitrogens with zero attached hydrogens (tertiary/aromatic N) is 2. The van der Waals surface area contributed by atoms with E-state index in [0.29, 0.717) is 0 Å². The van der Waals surface area contributed by atoms with Crippen LogP contribution in [0.4, 0.5) is 5.82 Å². The zero-order chi connectivity index (χ0) is 12.3. The summed E-state index contributed by atoms with van der Waals surface area (Å²) in [4.78, 5) is 4.34. The Morgan fingerprint density at radius 2 is 1.78 bits per heavy atom.